The van der Waals surface area contributed by atoms with Crippen LogP contribution in [0.5, 0.6) is 0 Å². The molecule has 0 aliphatic heterocycles. The predicted octanol–water partition coefficient (Wildman–Crippen LogP) is 3.12. The van der Waals surface area contributed by atoms with E-state index in [4.69, 9.17) is 0 Å². The molecule has 0 spiro atoms. The number of carbonyl (C=O) groups is 5. The van der Waals surface area contributed by atoms with Crippen LogP contribution >= 0.6 is 47.0 Å². The number of hydrogen-bond donors (Lipinski definition) is 4. The maximum atomic E-state index is 14.5. The van der Waals surface area contributed by atoms with Crippen LogP contribution in [0.1, 0.15) is 55.1 Å². The van der Waals surface area contributed by atoms with Crippen molar-refractivity contribution in [3.8, 4) is 0 Å². The second-order valence-corrected chi connectivity index (χ2v) is 14.2. The summed E-state index contributed by atoms with van der Waals surface area (Å²) in [6, 6.07) is 1.19. The fraction of sp³-hybridized carbons (Fsp3) is 0.536. The van der Waals surface area contributed by atoms with Crippen LogP contribution in [0.15, 0.2) is 34.7 Å². The van der Waals surface area contributed by atoms with Gasteiger partial charge in [0.2, 0.25) is 11.8 Å². The average molecular weight is 697 g/mol. The molecule has 2 heterocycles. The molecule has 1 aliphatic rings. The van der Waals surface area contributed by atoms with E-state index in [0.717, 1.165) is 0 Å². The smallest absolute Gasteiger partial charge is 0.327 e. The zero-order valence-electron chi connectivity index (χ0n) is 25.2. The van der Waals surface area contributed by atoms with Crippen LogP contribution < -0.4 is 10.6 Å². The first-order valence-corrected chi connectivity index (χ1v) is 18.5. The standard InChI is InChI=1S/C28H36N6O7S4/c1-14(35)32-19(27(38)39)11-44-24(18-10-22(43-4)31-13-30-18)16-6-5-7-17(23(16)37)25(26-29-9-8-21(34-26)42-3)45-12-20(28(40)41)33-15(2)36/h8-10,13,16-17,19-20,24-25H,5-7,11-12H2,1-4H3,(H,32,35)(H,33,36)(H,38,39)(H,40,41). The first-order valence-electron chi connectivity index (χ1n) is 13.9. The summed E-state index contributed by atoms with van der Waals surface area (Å²) in [6.45, 7) is 2.49. The third-order valence-electron chi connectivity index (χ3n) is 7.00. The highest BCUT2D eigenvalue weighted by atomic mass is 32.2. The molecule has 45 heavy (non-hydrogen) atoms. The SMILES string of the molecule is CSc1cc(C(SCC(NC(C)=O)C(=O)O)C2CCCC(C(SCC(NC(C)=O)C(=O)O)c3nccc(SC)n3)C2=O)ncn1. The van der Waals surface area contributed by atoms with Crippen LogP contribution in [0, 0.1) is 11.8 Å². The Morgan fingerprint density at radius 2 is 1.42 bits per heavy atom. The molecule has 1 saturated carbocycles. The number of carboxylic acids is 2. The molecule has 1 aliphatic carbocycles. The van der Waals surface area contributed by atoms with Crippen LogP contribution in [-0.2, 0) is 24.0 Å². The van der Waals surface area contributed by atoms with Gasteiger partial charge in [0, 0.05) is 43.4 Å². The van der Waals surface area contributed by atoms with Crippen LogP contribution in [0.3, 0.4) is 0 Å². The van der Waals surface area contributed by atoms with Crippen LogP contribution in [0.4, 0.5) is 0 Å². The summed E-state index contributed by atoms with van der Waals surface area (Å²) in [4.78, 5) is 79.5. The lowest BCUT2D eigenvalue weighted by Crippen LogP contribution is -2.42. The Hall–Kier alpha value is -2.89. The maximum absolute atomic E-state index is 14.5. The Morgan fingerprint density at radius 3 is 1.96 bits per heavy atom. The molecule has 2 aromatic rings. The van der Waals surface area contributed by atoms with Gasteiger partial charge in [-0.1, -0.05) is 6.42 Å². The van der Waals surface area contributed by atoms with Gasteiger partial charge in [0.25, 0.3) is 0 Å². The molecule has 17 heteroatoms. The van der Waals surface area contributed by atoms with Gasteiger partial charge in [0.05, 0.1) is 26.2 Å². The molecule has 2 amide bonds. The van der Waals surface area contributed by atoms with E-state index in [-0.39, 0.29) is 17.3 Å². The van der Waals surface area contributed by atoms with E-state index < -0.39 is 58.2 Å². The topological polar surface area (TPSA) is 201 Å². The van der Waals surface area contributed by atoms with Crippen molar-refractivity contribution in [1.29, 1.82) is 0 Å². The molecule has 6 atom stereocenters. The Labute approximate surface area is 278 Å². The Bertz CT molecular complexity index is 1290. The highest BCUT2D eigenvalue weighted by Crippen LogP contribution is 2.48. The molecular formula is C28H36N6O7S4. The lowest BCUT2D eigenvalue weighted by Gasteiger charge is -2.36. The van der Waals surface area contributed by atoms with Gasteiger partial charge in [-0.15, -0.1) is 47.0 Å². The monoisotopic (exact) mass is 696 g/mol. The van der Waals surface area contributed by atoms with Crippen molar-refractivity contribution in [2.24, 2.45) is 11.8 Å². The fourth-order valence-electron chi connectivity index (χ4n) is 4.96. The van der Waals surface area contributed by atoms with Gasteiger partial charge in [-0.2, -0.15) is 0 Å². The molecule has 0 radical (unpaired) electrons. The van der Waals surface area contributed by atoms with E-state index in [9.17, 15) is 34.2 Å². The van der Waals surface area contributed by atoms with Crippen molar-refractivity contribution in [3.05, 3.63) is 36.2 Å². The van der Waals surface area contributed by atoms with Crippen molar-refractivity contribution < 1.29 is 34.2 Å². The van der Waals surface area contributed by atoms with E-state index in [2.05, 4.69) is 30.6 Å². The molecule has 0 saturated heterocycles. The molecule has 13 nitrogen and oxygen atoms in total. The van der Waals surface area contributed by atoms with Crippen molar-refractivity contribution in [3.63, 3.8) is 0 Å². The number of amides is 2. The number of carbonyl (C=O) groups excluding carboxylic acids is 3. The van der Waals surface area contributed by atoms with Crippen LogP contribution in [0.25, 0.3) is 0 Å². The predicted molar refractivity (Wildman–Crippen MR) is 174 cm³/mol. The van der Waals surface area contributed by atoms with Crippen molar-refractivity contribution in [1.82, 2.24) is 30.6 Å². The van der Waals surface area contributed by atoms with Gasteiger partial charge in [0.15, 0.2) is 0 Å². The second-order valence-electron chi connectivity index (χ2n) is 10.2. The minimum absolute atomic E-state index is 0.000691. The Kier molecular flexibility index (Phi) is 14.4. The highest BCUT2D eigenvalue weighted by molar-refractivity contribution is 8.00. The summed E-state index contributed by atoms with van der Waals surface area (Å²) >= 11 is 5.28. The van der Waals surface area contributed by atoms with Crippen molar-refractivity contribution in [2.45, 2.75) is 65.7 Å². The lowest BCUT2D eigenvalue weighted by atomic mass is 9.76. The molecule has 4 N–H and O–H groups in total. The molecule has 1 fully saturated rings. The number of aliphatic carboxylic acids is 2. The van der Waals surface area contributed by atoms with E-state index in [1.165, 1.54) is 67.2 Å². The van der Waals surface area contributed by atoms with Gasteiger partial charge in [0.1, 0.15) is 30.0 Å². The largest absolute Gasteiger partial charge is 0.480 e. The number of nitrogens with zero attached hydrogens (tertiary/aromatic N) is 4. The summed E-state index contributed by atoms with van der Waals surface area (Å²) in [6.07, 6.45) is 8.45. The minimum Gasteiger partial charge on any atom is -0.480 e. The van der Waals surface area contributed by atoms with Crippen LogP contribution in [-0.4, -0.2) is 95.8 Å². The number of rotatable bonds is 16. The first kappa shape index (κ1) is 36.6. The van der Waals surface area contributed by atoms with Gasteiger partial charge in [-0.25, -0.2) is 29.5 Å². The molecule has 244 valence electrons. The van der Waals surface area contributed by atoms with Gasteiger partial charge in [-0.05, 0) is 37.5 Å². The molecular weight excluding hydrogens is 661 g/mol. The quantitative estimate of drug-likeness (QED) is 0.147. The van der Waals surface area contributed by atoms with Crippen molar-refractivity contribution in [2.75, 3.05) is 24.0 Å². The molecule has 2 aromatic heterocycles. The number of hydrogen-bond acceptors (Lipinski definition) is 13. The average Bonchev–Trinajstić information content (AvgIpc) is 3.01. The number of thioether (sulfide) groups is 4. The molecule has 6 unspecified atom stereocenters. The van der Waals surface area contributed by atoms with Gasteiger partial charge >= 0.3 is 11.9 Å². The summed E-state index contributed by atoms with van der Waals surface area (Å²) in [5.74, 6) is -4.21. The van der Waals surface area contributed by atoms with E-state index in [1.54, 1.807) is 18.3 Å². The van der Waals surface area contributed by atoms with E-state index in [0.29, 0.717) is 40.8 Å². The fourth-order valence-corrected chi connectivity index (χ4v) is 8.56. The third kappa shape index (κ3) is 10.6. The Morgan fingerprint density at radius 1 is 0.867 bits per heavy atom. The summed E-state index contributed by atoms with van der Waals surface area (Å²) in [7, 11) is 0. The highest BCUT2D eigenvalue weighted by Gasteiger charge is 2.43. The number of carboxylic acid groups (broad SMARTS) is 2. The van der Waals surface area contributed by atoms with E-state index >= 15 is 0 Å². The number of aromatic nitrogens is 4. The number of nitrogens with one attached hydrogen (secondary N) is 2. The molecule has 0 bridgehead atoms. The summed E-state index contributed by atoms with van der Waals surface area (Å²) in [5, 5.41) is 24.6. The third-order valence-corrected chi connectivity index (χ3v) is 11.2. The number of ketones is 1. The molecule has 3 rings (SSSR count). The minimum atomic E-state index is -1.19. The van der Waals surface area contributed by atoms with Gasteiger partial charge < -0.3 is 20.8 Å². The number of Topliss-reactive ketones (excluding diaryl/α,β-unsaturated/α-hetero) is 1. The van der Waals surface area contributed by atoms with Gasteiger partial charge in [-0.3, -0.25) is 14.4 Å². The lowest BCUT2D eigenvalue weighted by molar-refractivity contribution is -0.141. The second kappa shape index (κ2) is 17.7. The zero-order valence-corrected chi connectivity index (χ0v) is 28.4. The Balaban J connectivity index is 2.00. The van der Waals surface area contributed by atoms with Crippen molar-refractivity contribution >= 4 is 76.6 Å². The van der Waals surface area contributed by atoms with Crippen LogP contribution in [0.2, 0.25) is 0 Å². The summed E-state index contributed by atoms with van der Waals surface area (Å²) < 4.78 is 0. The molecule has 0 aromatic carbocycles. The zero-order chi connectivity index (χ0) is 33.1. The summed E-state index contributed by atoms with van der Waals surface area (Å²) in [5.41, 5.74) is 0.576. The first-order chi connectivity index (χ1) is 21.4. The maximum Gasteiger partial charge on any atom is 0.327 e. The normalized spacial score (nSPS) is 19.2. The van der Waals surface area contributed by atoms with E-state index in [1.807, 2.05) is 12.5 Å².